The van der Waals surface area contributed by atoms with Crippen LogP contribution in [0.15, 0.2) is 48.5 Å². The maximum atomic E-state index is 10.4. The molecule has 4 atom stereocenters. The first kappa shape index (κ1) is 22.8. The summed E-state index contributed by atoms with van der Waals surface area (Å²) in [6.45, 7) is 7.95. The Morgan fingerprint density at radius 2 is 1.52 bits per heavy atom. The zero-order valence-corrected chi connectivity index (χ0v) is 19.6. The molecule has 4 unspecified atom stereocenters. The number of hydrogen-bond acceptors (Lipinski definition) is 6. The molecule has 2 heterocycles. The summed E-state index contributed by atoms with van der Waals surface area (Å²) in [4.78, 5) is 0. The van der Waals surface area contributed by atoms with Gasteiger partial charge in [0.2, 0.25) is 17.1 Å². The molecule has 0 aromatic heterocycles. The fourth-order valence-electron chi connectivity index (χ4n) is 5.01. The summed E-state index contributed by atoms with van der Waals surface area (Å²) in [5.41, 5.74) is -1.72. The molecular weight excluding hydrogens is 436 g/mol. The number of hydrogen-bond donors (Lipinski definition) is 1. The molecular formula is C26H23ClN4O2. The Labute approximate surface area is 198 Å². The van der Waals surface area contributed by atoms with E-state index in [9.17, 15) is 15.8 Å². The normalized spacial score (nSPS) is 29.9. The summed E-state index contributed by atoms with van der Waals surface area (Å²) in [7, 11) is 0. The van der Waals surface area contributed by atoms with Crippen molar-refractivity contribution in [2.24, 2.45) is 16.7 Å². The lowest BCUT2D eigenvalue weighted by Gasteiger charge is -2.48. The zero-order valence-electron chi connectivity index (χ0n) is 18.8. The molecule has 2 bridgehead atoms. The summed E-state index contributed by atoms with van der Waals surface area (Å²) in [5, 5.41) is 40.2. The Bertz CT molecular complexity index is 1230. The SMILES string of the molecule is CC1C2(c3ccc(Cl)cc3)OC(=N)C1(C#N)C(C#N)(C#N)C(c1ccc(C(C)(C)C)cc1)O2. The van der Waals surface area contributed by atoms with Crippen molar-refractivity contribution in [1.82, 2.24) is 0 Å². The van der Waals surface area contributed by atoms with E-state index in [4.69, 9.17) is 26.5 Å². The van der Waals surface area contributed by atoms with Crippen molar-refractivity contribution in [3.8, 4) is 18.2 Å². The average Bonchev–Trinajstić information content (AvgIpc) is 2.95. The van der Waals surface area contributed by atoms with E-state index in [1.165, 1.54) is 0 Å². The van der Waals surface area contributed by atoms with Gasteiger partial charge in [-0.25, -0.2) is 0 Å². The Hall–Kier alpha value is -3.37. The first-order chi connectivity index (χ1) is 15.5. The molecule has 2 aliphatic rings. The molecule has 0 spiro atoms. The molecule has 2 fully saturated rings. The van der Waals surface area contributed by atoms with Crippen molar-refractivity contribution < 1.29 is 9.47 Å². The van der Waals surface area contributed by atoms with Crippen LogP contribution in [0.2, 0.25) is 5.02 Å². The van der Waals surface area contributed by atoms with Crippen LogP contribution in [0.3, 0.4) is 0 Å². The van der Waals surface area contributed by atoms with E-state index in [0.29, 0.717) is 16.1 Å². The van der Waals surface area contributed by atoms with E-state index < -0.39 is 34.5 Å². The highest BCUT2D eigenvalue weighted by Crippen LogP contribution is 2.69. The van der Waals surface area contributed by atoms with E-state index in [1.54, 1.807) is 31.2 Å². The lowest BCUT2D eigenvalue weighted by molar-refractivity contribution is -0.288. The van der Waals surface area contributed by atoms with Gasteiger partial charge in [0.1, 0.15) is 6.10 Å². The van der Waals surface area contributed by atoms with Crippen molar-refractivity contribution in [2.45, 2.75) is 45.0 Å². The van der Waals surface area contributed by atoms with Gasteiger partial charge in [-0.15, -0.1) is 0 Å². The van der Waals surface area contributed by atoms with Gasteiger partial charge in [-0.1, -0.05) is 75.7 Å². The lowest BCUT2D eigenvalue weighted by atomic mass is 9.53. The molecule has 166 valence electrons. The molecule has 0 radical (unpaired) electrons. The highest BCUT2D eigenvalue weighted by molar-refractivity contribution is 6.30. The van der Waals surface area contributed by atoms with Crippen LogP contribution in [-0.4, -0.2) is 5.90 Å². The van der Waals surface area contributed by atoms with Crippen LogP contribution in [0.5, 0.6) is 0 Å². The van der Waals surface area contributed by atoms with Crippen LogP contribution < -0.4 is 0 Å². The molecule has 33 heavy (non-hydrogen) atoms. The molecule has 0 saturated carbocycles. The van der Waals surface area contributed by atoms with Gasteiger partial charge in [-0.05, 0) is 28.7 Å². The van der Waals surface area contributed by atoms with Crippen molar-refractivity contribution >= 4 is 17.5 Å². The summed E-state index contributed by atoms with van der Waals surface area (Å²) >= 11 is 6.07. The molecule has 4 rings (SSSR count). The lowest BCUT2D eigenvalue weighted by Crippen LogP contribution is -2.57. The molecule has 2 aliphatic heterocycles. The molecule has 1 N–H and O–H groups in total. The number of halogens is 1. The number of fused-ring (bicyclic) bond motifs is 2. The average molecular weight is 459 g/mol. The van der Waals surface area contributed by atoms with Gasteiger partial charge in [0.05, 0.1) is 24.1 Å². The molecule has 0 aliphatic carbocycles. The van der Waals surface area contributed by atoms with Gasteiger partial charge in [0, 0.05) is 10.6 Å². The van der Waals surface area contributed by atoms with Crippen LogP contribution >= 0.6 is 11.6 Å². The van der Waals surface area contributed by atoms with Gasteiger partial charge < -0.3 is 9.47 Å². The molecule has 6 nitrogen and oxygen atoms in total. The van der Waals surface area contributed by atoms with Gasteiger partial charge in [-0.2, -0.15) is 15.8 Å². The fraction of sp³-hybridized carbons (Fsp3) is 0.385. The minimum Gasteiger partial charge on any atom is -0.443 e. The Morgan fingerprint density at radius 1 is 0.939 bits per heavy atom. The van der Waals surface area contributed by atoms with Crippen molar-refractivity contribution in [2.75, 3.05) is 0 Å². The number of nitrogens with one attached hydrogen (secondary N) is 1. The molecule has 2 saturated heterocycles. The van der Waals surface area contributed by atoms with Gasteiger partial charge in [0.15, 0.2) is 5.41 Å². The molecule has 7 heteroatoms. The summed E-state index contributed by atoms with van der Waals surface area (Å²) in [6.07, 6.45) is -1.13. The zero-order chi connectivity index (χ0) is 24.2. The van der Waals surface area contributed by atoms with Crippen LogP contribution in [0.4, 0.5) is 0 Å². The van der Waals surface area contributed by atoms with E-state index in [1.807, 2.05) is 24.3 Å². The van der Waals surface area contributed by atoms with Crippen LogP contribution in [0.1, 0.15) is 50.5 Å². The first-order valence-corrected chi connectivity index (χ1v) is 11.0. The third kappa shape index (κ3) is 2.83. The predicted molar refractivity (Wildman–Crippen MR) is 122 cm³/mol. The van der Waals surface area contributed by atoms with Gasteiger partial charge >= 0.3 is 0 Å². The highest BCUT2D eigenvalue weighted by atomic mass is 35.5. The predicted octanol–water partition coefficient (Wildman–Crippen LogP) is 5.75. The van der Waals surface area contributed by atoms with E-state index >= 15 is 0 Å². The summed E-state index contributed by atoms with van der Waals surface area (Å²) in [6, 6.07) is 20.5. The van der Waals surface area contributed by atoms with Gasteiger partial charge in [-0.3, -0.25) is 5.41 Å². The second kappa shape index (κ2) is 7.32. The summed E-state index contributed by atoms with van der Waals surface area (Å²) in [5.74, 6) is -2.78. The van der Waals surface area contributed by atoms with Crippen LogP contribution in [0.25, 0.3) is 0 Å². The smallest absolute Gasteiger partial charge is 0.244 e. The number of nitriles is 3. The Balaban J connectivity index is 1.98. The fourth-order valence-corrected chi connectivity index (χ4v) is 5.13. The Morgan fingerprint density at radius 3 is 2.00 bits per heavy atom. The minimum atomic E-state index is -1.99. The highest BCUT2D eigenvalue weighted by Gasteiger charge is 2.79. The van der Waals surface area contributed by atoms with E-state index in [-0.39, 0.29) is 5.41 Å². The number of ether oxygens (including phenoxy) is 2. The van der Waals surface area contributed by atoms with Crippen molar-refractivity contribution in [3.63, 3.8) is 0 Å². The minimum absolute atomic E-state index is 0.0926. The molecule has 2 aromatic carbocycles. The monoisotopic (exact) mass is 458 g/mol. The third-order valence-electron chi connectivity index (χ3n) is 6.99. The van der Waals surface area contributed by atoms with Crippen LogP contribution in [-0.2, 0) is 20.7 Å². The number of benzene rings is 2. The van der Waals surface area contributed by atoms with E-state index in [2.05, 4.69) is 39.0 Å². The second-order valence-corrected chi connectivity index (χ2v) is 10.1. The van der Waals surface area contributed by atoms with Gasteiger partial charge in [0.25, 0.3) is 0 Å². The second-order valence-electron chi connectivity index (χ2n) is 9.65. The van der Waals surface area contributed by atoms with Crippen molar-refractivity contribution in [3.05, 3.63) is 70.2 Å². The standard InChI is InChI=1S/C26H23ClN4O2/c1-16-25(15-30)22(31)33-26(16,19-9-11-20(27)12-10-19)32-21(24(25,13-28)14-29)17-5-7-18(8-6-17)23(2,3)4/h5-12,16,21,31H,1-4H3. The number of nitrogens with zero attached hydrogens (tertiary/aromatic N) is 3. The summed E-state index contributed by atoms with van der Waals surface area (Å²) < 4.78 is 12.5. The first-order valence-electron chi connectivity index (χ1n) is 10.6. The largest absolute Gasteiger partial charge is 0.443 e. The van der Waals surface area contributed by atoms with E-state index in [0.717, 1.165) is 5.56 Å². The maximum Gasteiger partial charge on any atom is 0.244 e. The molecule has 2 aromatic rings. The van der Waals surface area contributed by atoms with Crippen LogP contribution in [0, 0.1) is 56.2 Å². The maximum absolute atomic E-state index is 10.4. The topological polar surface area (TPSA) is 114 Å². The third-order valence-corrected chi connectivity index (χ3v) is 7.25. The molecule has 0 amide bonds. The quantitative estimate of drug-likeness (QED) is 0.615. The Kier molecular flexibility index (Phi) is 5.06. The number of rotatable bonds is 2. The van der Waals surface area contributed by atoms with Crippen molar-refractivity contribution in [1.29, 1.82) is 21.2 Å².